The number of nitrogens with zero attached hydrogens (tertiary/aromatic N) is 2. The molecule has 3 rings (SSSR count). The van der Waals surface area contributed by atoms with Crippen molar-refractivity contribution in [3.8, 4) is 5.75 Å². The Kier molecular flexibility index (Phi) is 3.90. The van der Waals surface area contributed by atoms with Crippen molar-refractivity contribution >= 4 is 38.8 Å². The van der Waals surface area contributed by atoms with Gasteiger partial charge < -0.3 is 9.30 Å². The zero-order chi connectivity index (χ0) is 14.8. The molecule has 2 aromatic heterocycles. The largest absolute Gasteiger partial charge is 0.494 e. The van der Waals surface area contributed by atoms with Gasteiger partial charge in [-0.3, -0.25) is 4.79 Å². The normalized spacial score (nSPS) is 12.0. The number of carbonyl (C=O) groups excluding carboxylic acids is 1. The van der Waals surface area contributed by atoms with E-state index < -0.39 is 0 Å². The number of benzene rings is 1. The maximum absolute atomic E-state index is 12.1. The van der Waals surface area contributed by atoms with Crippen LogP contribution in [0.5, 0.6) is 5.75 Å². The standard InChI is InChI=1S/C15H14N2O2S2/c1-3-19-10-6-7-11-13(9-10)21-15(17(11)2)16-14(18)12-5-4-8-20-12/h4-9H,3H2,1-2H3. The van der Waals surface area contributed by atoms with Crippen LogP contribution in [-0.2, 0) is 7.05 Å². The average Bonchev–Trinajstić information content (AvgIpc) is 3.09. The second-order valence-corrected chi connectivity index (χ2v) is 6.36. The molecule has 0 spiro atoms. The van der Waals surface area contributed by atoms with E-state index in [-0.39, 0.29) is 5.91 Å². The topological polar surface area (TPSA) is 43.6 Å². The first-order valence-corrected chi connectivity index (χ1v) is 8.23. The van der Waals surface area contributed by atoms with E-state index in [1.807, 2.05) is 48.2 Å². The van der Waals surface area contributed by atoms with Crippen LogP contribution in [0.1, 0.15) is 16.6 Å². The minimum absolute atomic E-state index is 0.197. The Bertz CT molecular complexity index is 844. The van der Waals surface area contributed by atoms with Gasteiger partial charge in [0.25, 0.3) is 5.91 Å². The Morgan fingerprint density at radius 2 is 2.24 bits per heavy atom. The summed E-state index contributed by atoms with van der Waals surface area (Å²) in [5.41, 5.74) is 1.04. The van der Waals surface area contributed by atoms with Gasteiger partial charge in [-0.2, -0.15) is 4.99 Å². The maximum Gasteiger partial charge on any atom is 0.289 e. The quantitative estimate of drug-likeness (QED) is 0.742. The van der Waals surface area contributed by atoms with Gasteiger partial charge in [0.05, 0.1) is 21.7 Å². The smallest absolute Gasteiger partial charge is 0.289 e. The first kappa shape index (κ1) is 14.0. The molecule has 0 aliphatic rings. The summed E-state index contributed by atoms with van der Waals surface area (Å²) in [4.78, 5) is 17.7. The molecule has 2 heterocycles. The van der Waals surface area contributed by atoms with Crippen molar-refractivity contribution in [2.24, 2.45) is 12.0 Å². The number of thiophene rings is 1. The lowest BCUT2D eigenvalue weighted by molar-refractivity contribution is 0.100. The molecule has 0 saturated carbocycles. The molecule has 0 fully saturated rings. The Morgan fingerprint density at radius 1 is 1.38 bits per heavy atom. The third-order valence-corrected chi connectivity index (χ3v) is 4.97. The molecule has 0 aliphatic carbocycles. The van der Waals surface area contributed by atoms with Crippen LogP contribution in [0.15, 0.2) is 40.7 Å². The van der Waals surface area contributed by atoms with Crippen molar-refractivity contribution in [2.75, 3.05) is 6.61 Å². The second-order valence-electron chi connectivity index (χ2n) is 4.40. The van der Waals surface area contributed by atoms with Crippen molar-refractivity contribution in [3.05, 3.63) is 45.4 Å². The molecule has 21 heavy (non-hydrogen) atoms. The number of amides is 1. The van der Waals surface area contributed by atoms with Crippen LogP contribution in [0.2, 0.25) is 0 Å². The van der Waals surface area contributed by atoms with Gasteiger partial charge in [-0.1, -0.05) is 17.4 Å². The molecule has 0 bridgehead atoms. The number of carbonyl (C=O) groups is 1. The van der Waals surface area contributed by atoms with Crippen molar-refractivity contribution in [2.45, 2.75) is 6.92 Å². The minimum atomic E-state index is -0.197. The Labute approximate surface area is 130 Å². The van der Waals surface area contributed by atoms with E-state index in [2.05, 4.69) is 4.99 Å². The zero-order valence-electron chi connectivity index (χ0n) is 11.7. The molecule has 0 N–H and O–H groups in total. The Hall–Kier alpha value is -1.92. The number of aromatic nitrogens is 1. The van der Waals surface area contributed by atoms with Gasteiger partial charge in [-0.05, 0) is 36.6 Å². The fourth-order valence-electron chi connectivity index (χ4n) is 2.02. The molecule has 6 heteroatoms. The van der Waals surface area contributed by atoms with Crippen LogP contribution < -0.4 is 9.54 Å². The highest BCUT2D eigenvalue weighted by Gasteiger charge is 2.08. The molecule has 0 unspecified atom stereocenters. The van der Waals surface area contributed by atoms with Gasteiger partial charge in [-0.15, -0.1) is 11.3 Å². The summed E-state index contributed by atoms with van der Waals surface area (Å²) in [5, 5.41) is 1.88. The van der Waals surface area contributed by atoms with E-state index in [0.717, 1.165) is 16.0 Å². The van der Waals surface area contributed by atoms with Gasteiger partial charge in [0.2, 0.25) is 0 Å². The number of fused-ring (bicyclic) bond motifs is 1. The monoisotopic (exact) mass is 318 g/mol. The van der Waals surface area contributed by atoms with Gasteiger partial charge >= 0.3 is 0 Å². The van der Waals surface area contributed by atoms with Crippen LogP contribution in [0, 0.1) is 0 Å². The fourth-order valence-corrected chi connectivity index (χ4v) is 3.67. The molecule has 0 aliphatic heterocycles. The lowest BCUT2D eigenvalue weighted by atomic mass is 10.3. The first-order chi connectivity index (χ1) is 10.2. The highest BCUT2D eigenvalue weighted by atomic mass is 32.1. The van der Waals surface area contributed by atoms with E-state index in [9.17, 15) is 4.79 Å². The van der Waals surface area contributed by atoms with Crippen LogP contribution in [0.4, 0.5) is 0 Å². The van der Waals surface area contributed by atoms with Crippen LogP contribution in [-0.4, -0.2) is 17.1 Å². The summed E-state index contributed by atoms with van der Waals surface area (Å²) >= 11 is 2.89. The van der Waals surface area contributed by atoms with Gasteiger partial charge in [0.15, 0.2) is 4.80 Å². The molecule has 108 valence electrons. The van der Waals surface area contributed by atoms with E-state index in [1.54, 1.807) is 6.07 Å². The van der Waals surface area contributed by atoms with E-state index in [1.165, 1.54) is 22.7 Å². The zero-order valence-corrected chi connectivity index (χ0v) is 13.3. The number of hydrogen-bond acceptors (Lipinski definition) is 4. The van der Waals surface area contributed by atoms with Crippen LogP contribution in [0.3, 0.4) is 0 Å². The highest BCUT2D eigenvalue weighted by Crippen LogP contribution is 2.23. The number of ether oxygens (including phenoxy) is 1. The summed E-state index contributed by atoms with van der Waals surface area (Å²) in [5.74, 6) is 0.639. The summed E-state index contributed by atoms with van der Waals surface area (Å²) in [7, 11) is 1.92. The van der Waals surface area contributed by atoms with Crippen LogP contribution >= 0.6 is 22.7 Å². The van der Waals surface area contributed by atoms with Gasteiger partial charge in [-0.25, -0.2) is 0 Å². The van der Waals surface area contributed by atoms with Crippen LogP contribution in [0.25, 0.3) is 10.2 Å². The van der Waals surface area contributed by atoms with Crippen molar-refractivity contribution in [3.63, 3.8) is 0 Å². The molecule has 3 aromatic rings. The Balaban J connectivity index is 2.07. The average molecular weight is 318 g/mol. The molecule has 0 saturated heterocycles. The predicted octanol–water partition coefficient (Wildman–Crippen LogP) is 3.44. The molecule has 4 nitrogen and oxygen atoms in total. The Morgan fingerprint density at radius 3 is 2.95 bits per heavy atom. The third kappa shape index (κ3) is 2.77. The molecular formula is C15H14N2O2S2. The van der Waals surface area contributed by atoms with E-state index in [0.29, 0.717) is 16.3 Å². The van der Waals surface area contributed by atoms with Crippen molar-refractivity contribution < 1.29 is 9.53 Å². The van der Waals surface area contributed by atoms with Gasteiger partial charge in [0, 0.05) is 7.05 Å². The predicted molar refractivity (Wildman–Crippen MR) is 86.2 cm³/mol. The van der Waals surface area contributed by atoms with Crippen molar-refractivity contribution in [1.29, 1.82) is 0 Å². The molecule has 1 aromatic carbocycles. The molecule has 1 amide bonds. The fraction of sp³-hybridized carbons (Fsp3) is 0.200. The lowest BCUT2D eigenvalue weighted by Gasteiger charge is -2.02. The highest BCUT2D eigenvalue weighted by molar-refractivity contribution is 7.16. The summed E-state index contributed by atoms with van der Waals surface area (Å²) in [6, 6.07) is 9.55. The SMILES string of the molecule is CCOc1ccc2c(c1)sc(=NC(=O)c1cccs1)n2C. The molecular weight excluding hydrogens is 304 g/mol. The summed E-state index contributed by atoms with van der Waals surface area (Å²) in [6.45, 7) is 2.59. The molecule has 0 atom stereocenters. The van der Waals surface area contributed by atoms with E-state index >= 15 is 0 Å². The number of hydrogen-bond donors (Lipinski definition) is 0. The maximum atomic E-state index is 12.1. The summed E-state index contributed by atoms with van der Waals surface area (Å²) in [6.07, 6.45) is 0. The number of thiazole rings is 1. The van der Waals surface area contributed by atoms with E-state index in [4.69, 9.17) is 4.74 Å². The lowest BCUT2D eigenvalue weighted by Crippen LogP contribution is -2.12. The third-order valence-electron chi connectivity index (χ3n) is 3.02. The second kappa shape index (κ2) is 5.83. The minimum Gasteiger partial charge on any atom is -0.494 e. The molecule has 0 radical (unpaired) electrons. The number of aryl methyl sites for hydroxylation is 1. The number of rotatable bonds is 3. The van der Waals surface area contributed by atoms with Gasteiger partial charge in [0.1, 0.15) is 5.75 Å². The van der Waals surface area contributed by atoms with Crippen molar-refractivity contribution in [1.82, 2.24) is 4.57 Å². The first-order valence-electron chi connectivity index (χ1n) is 6.54. The summed E-state index contributed by atoms with van der Waals surface area (Å²) < 4.78 is 8.49.